The van der Waals surface area contributed by atoms with E-state index < -0.39 is 42.0 Å². The summed E-state index contributed by atoms with van der Waals surface area (Å²) in [5.74, 6) is -2.92. The lowest BCUT2D eigenvalue weighted by Gasteiger charge is -2.28. The summed E-state index contributed by atoms with van der Waals surface area (Å²) < 4.78 is 0. The van der Waals surface area contributed by atoms with E-state index in [4.69, 9.17) is 10.8 Å². The highest BCUT2D eigenvalue weighted by Gasteiger charge is 2.37. The number of carboxylic acid groups (broad SMARTS) is 1. The number of hydrogen-bond acceptors (Lipinski definition) is 8. The minimum atomic E-state index is -1.24. The summed E-state index contributed by atoms with van der Waals surface area (Å²) in [6.45, 7) is 0.360. The summed E-state index contributed by atoms with van der Waals surface area (Å²) in [4.78, 5) is 50.6. The fourth-order valence-corrected chi connectivity index (χ4v) is 3.91. The molecule has 1 fully saturated rings. The number of benzene rings is 1. The quantitative estimate of drug-likeness (QED) is 0.213. The number of nitrogens with one attached hydrogen (secondary N) is 2. The van der Waals surface area contributed by atoms with Crippen molar-refractivity contribution in [2.45, 2.75) is 43.4 Å². The maximum atomic E-state index is 12.9. The maximum absolute atomic E-state index is 12.9. The molecular formula is C20H28N4O6S2. The Morgan fingerprint density at radius 3 is 2.28 bits per heavy atom. The molecule has 12 heteroatoms. The number of carbonyl (C=O) groups excluding carboxylic acids is 3. The Balaban J connectivity index is 2.00. The van der Waals surface area contributed by atoms with Gasteiger partial charge in [-0.1, -0.05) is 12.1 Å². The fourth-order valence-electron chi connectivity index (χ4n) is 3.41. The smallest absolute Gasteiger partial charge is 0.327 e. The molecule has 1 aliphatic rings. The molecule has 1 aliphatic heterocycles. The second-order valence-corrected chi connectivity index (χ2v) is 8.22. The molecule has 4 atom stereocenters. The molecule has 1 aromatic carbocycles. The Bertz CT molecular complexity index is 838. The van der Waals surface area contributed by atoms with Crippen LogP contribution in [-0.2, 0) is 25.6 Å². The van der Waals surface area contributed by atoms with E-state index in [1.165, 1.54) is 17.0 Å². The van der Waals surface area contributed by atoms with Gasteiger partial charge in [-0.05, 0) is 37.0 Å². The van der Waals surface area contributed by atoms with Gasteiger partial charge in [-0.3, -0.25) is 14.4 Å². The van der Waals surface area contributed by atoms with Crippen molar-refractivity contribution in [3.05, 3.63) is 29.8 Å². The second kappa shape index (κ2) is 12.0. The van der Waals surface area contributed by atoms with Crippen LogP contribution in [0, 0.1) is 0 Å². The maximum Gasteiger partial charge on any atom is 0.327 e. The van der Waals surface area contributed by atoms with Crippen molar-refractivity contribution in [1.82, 2.24) is 15.5 Å². The van der Waals surface area contributed by atoms with E-state index in [1.807, 2.05) is 0 Å². The summed E-state index contributed by atoms with van der Waals surface area (Å²) >= 11 is 7.97. The largest absolute Gasteiger partial charge is 0.508 e. The number of phenols is 1. The first-order chi connectivity index (χ1) is 15.2. The third-order valence-corrected chi connectivity index (χ3v) is 5.89. The molecule has 1 heterocycles. The predicted molar refractivity (Wildman–Crippen MR) is 124 cm³/mol. The van der Waals surface area contributed by atoms with Crippen molar-refractivity contribution >= 4 is 48.9 Å². The Hall–Kier alpha value is -2.44. The van der Waals surface area contributed by atoms with E-state index in [0.717, 1.165) is 5.56 Å². The van der Waals surface area contributed by atoms with Gasteiger partial charge in [0, 0.05) is 18.1 Å². The summed E-state index contributed by atoms with van der Waals surface area (Å²) in [6, 6.07) is 2.41. The molecule has 32 heavy (non-hydrogen) atoms. The van der Waals surface area contributed by atoms with Crippen molar-refractivity contribution in [3.8, 4) is 5.75 Å². The number of aliphatic carboxylic acids is 1. The molecule has 6 N–H and O–H groups in total. The number of thiol groups is 2. The van der Waals surface area contributed by atoms with Crippen LogP contribution in [0.2, 0.25) is 0 Å². The lowest BCUT2D eigenvalue weighted by Crippen LogP contribution is -2.57. The Morgan fingerprint density at radius 1 is 1.09 bits per heavy atom. The monoisotopic (exact) mass is 484 g/mol. The number of amides is 3. The van der Waals surface area contributed by atoms with Gasteiger partial charge in [0.25, 0.3) is 0 Å². The van der Waals surface area contributed by atoms with Gasteiger partial charge in [0.05, 0.1) is 6.04 Å². The van der Waals surface area contributed by atoms with E-state index in [1.54, 1.807) is 12.1 Å². The molecule has 0 spiro atoms. The normalized spacial score (nSPS) is 18.5. The van der Waals surface area contributed by atoms with Crippen LogP contribution < -0.4 is 16.4 Å². The van der Waals surface area contributed by atoms with Crippen LogP contribution in [0.3, 0.4) is 0 Å². The van der Waals surface area contributed by atoms with Crippen molar-refractivity contribution in [2.75, 3.05) is 18.1 Å². The molecule has 0 saturated carbocycles. The topological polar surface area (TPSA) is 162 Å². The van der Waals surface area contributed by atoms with Crippen LogP contribution in [0.5, 0.6) is 5.75 Å². The van der Waals surface area contributed by atoms with Gasteiger partial charge in [-0.2, -0.15) is 25.3 Å². The molecule has 1 aromatic rings. The minimum absolute atomic E-state index is 0.0580. The van der Waals surface area contributed by atoms with Crippen molar-refractivity contribution in [3.63, 3.8) is 0 Å². The molecular weight excluding hydrogens is 456 g/mol. The third kappa shape index (κ3) is 6.78. The zero-order chi connectivity index (χ0) is 23.8. The molecule has 2 rings (SSSR count). The second-order valence-electron chi connectivity index (χ2n) is 7.49. The highest BCUT2D eigenvalue weighted by atomic mass is 32.1. The van der Waals surface area contributed by atoms with Crippen LogP contribution in [0.25, 0.3) is 0 Å². The van der Waals surface area contributed by atoms with E-state index in [0.29, 0.717) is 19.4 Å². The van der Waals surface area contributed by atoms with Gasteiger partial charge in [0.1, 0.15) is 23.9 Å². The van der Waals surface area contributed by atoms with Crippen molar-refractivity contribution in [2.24, 2.45) is 5.73 Å². The molecule has 0 bridgehead atoms. The SMILES string of the molecule is NC(Cc1ccc(O)cc1)C(=O)N1CCCC1C(=O)NC(CS)C(=O)NC(CS)C(=O)O. The Labute approximate surface area is 196 Å². The lowest BCUT2D eigenvalue weighted by molar-refractivity contribution is -0.142. The summed E-state index contributed by atoms with van der Waals surface area (Å²) in [5, 5.41) is 23.3. The number of aromatic hydroxyl groups is 1. The molecule has 176 valence electrons. The average Bonchev–Trinajstić information content (AvgIpc) is 3.26. The van der Waals surface area contributed by atoms with Crippen molar-refractivity contribution < 1.29 is 29.4 Å². The van der Waals surface area contributed by atoms with Crippen LogP contribution in [0.4, 0.5) is 0 Å². The van der Waals surface area contributed by atoms with E-state index in [2.05, 4.69) is 35.9 Å². The highest BCUT2D eigenvalue weighted by molar-refractivity contribution is 7.80. The van der Waals surface area contributed by atoms with Gasteiger partial charge in [-0.15, -0.1) is 0 Å². The lowest BCUT2D eigenvalue weighted by atomic mass is 10.0. The molecule has 1 saturated heterocycles. The van der Waals surface area contributed by atoms with Crippen LogP contribution >= 0.6 is 25.3 Å². The van der Waals surface area contributed by atoms with E-state index in [-0.39, 0.29) is 29.6 Å². The number of nitrogens with zero attached hydrogens (tertiary/aromatic N) is 1. The predicted octanol–water partition coefficient (Wildman–Crippen LogP) is -0.833. The first-order valence-electron chi connectivity index (χ1n) is 10.1. The number of carboxylic acids is 1. The van der Waals surface area contributed by atoms with Gasteiger partial charge in [0.2, 0.25) is 17.7 Å². The van der Waals surface area contributed by atoms with Crippen LogP contribution in [0.1, 0.15) is 18.4 Å². The average molecular weight is 485 g/mol. The number of nitrogens with two attached hydrogens (primary N) is 1. The van der Waals surface area contributed by atoms with Gasteiger partial charge >= 0.3 is 5.97 Å². The standard InChI is InChI=1S/C20H28N4O6S2/c21-13(8-11-3-5-12(25)6-4-11)19(28)24-7-1-2-16(24)18(27)22-14(9-31)17(26)23-15(10-32)20(29)30/h3-6,13-16,25,31-32H,1-2,7-10,21H2,(H,22,27)(H,23,26)(H,29,30). The minimum Gasteiger partial charge on any atom is -0.508 e. The number of hydrogen-bond donors (Lipinski definition) is 7. The molecule has 3 amide bonds. The summed E-state index contributed by atoms with van der Waals surface area (Å²) in [7, 11) is 0. The van der Waals surface area contributed by atoms with Crippen molar-refractivity contribution in [1.29, 1.82) is 0 Å². The number of likely N-dealkylation sites (tertiary alicyclic amines) is 1. The van der Waals surface area contributed by atoms with Crippen LogP contribution in [-0.4, -0.2) is 81.0 Å². The Kier molecular flexibility index (Phi) is 9.66. The highest BCUT2D eigenvalue weighted by Crippen LogP contribution is 2.20. The van der Waals surface area contributed by atoms with Gasteiger partial charge in [-0.25, -0.2) is 4.79 Å². The van der Waals surface area contributed by atoms with E-state index >= 15 is 0 Å². The number of carbonyl (C=O) groups is 4. The zero-order valence-electron chi connectivity index (χ0n) is 17.3. The summed E-state index contributed by atoms with van der Waals surface area (Å²) in [5.41, 5.74) is 6.85. The molecule has 0 radical (unpaired) electrons. The Morgan fingerprint density at radius 2 is 1.72 bits per heavy atom. The molecule has 0 aromatic heterocycles. The van der Waals surface area contributed by atoms with Gasteiger partial charge < -0.3 is 31.5 Å². The molecule has 10 nitrogen and oxygen atoms in total. The fraction of sp³-hybridized carbons (Fsp3) is 0.500. The summed E-state index contributed by atoms with van der Waals surface area (Å²) in [6.07, 6.45) is 1.26. The van der Waals surface area contributed by atoms with Crippen LogP contribution in [0.15, 0.2) is 24.3 Å². The van der Waals surface area contributed by atoms with E-state index in [9.17, 15) is 24.3 Å². The first-order valence-corrected chi connectivity index (χ1v) is 11.3. The molecule has 4 unspecified atom stereocenters. The number of rotatable bonds is 10. The number of phenolic OH excluding ortho intramolecular Hbond substituents is 1. The zero-order valence-corrected chi connectivity index (χ0v) is 19.1. The first kappa shape index (κ1) is 25.8. The van der Waals surface area contributed by atoms with Gasteiger partial charge in [0.15, 0.2) is 0 Å². The third-order valence-electron chi connectivity index (χ3n) is 5.16. The molecule has 0 aliphatic carbocycles.